The summed E-state index contributed by atoms with van der Waals surface area (Å²) in [6.07, 6.45) is 1.35. The molecule has 0 aliphatic carbocycles. The zero-order valence-corrected chi connectivity index (χ0v) is 19.4. The third kappa shape index (κ3) is 5.61. The van der Waals surface area contributed by atoms with Crippen LogP contribution < -0.4 is 14.8 Å². The van der Waals surface area contributed by atoms with Crippen LogP contribution in [-0.2, 0) is 13.0 Å². The number of benzene rings is 3. The molecule has 3 rings (SSSR count). The van der Waals surface area contributed by atoms with Gasteiger partial charge in [0, 0.05) is 22.3 Å². The molecule has 0 aliphatic heterocycles. The van der Waals surface area contributed by atoms with Crippen LogP contribution in [0.15, 0.2) is 60.7 Å². The minimum Gasteiger partial charge on any atom is -0.496 e. The van der Waals surface area contributed by atoms with Crippen LogP contribution in [0.1, 0.15) is 62.5 Å². The number of methoxy groups -OCH3 is 1. The highest BCUT2D eigenvalue weighted by Crippen LogP contribution is 2.34. The Labute approximate surface area is 198 Å². The van der Waals surface area contributed by atoms with Crippen LogP contribution in [0.25, 0.3) is 0 Å². The molecule has 0 radical (unpaired) electrons. The number of anilines is 1. The molecule has 176 valence electrons. The highest BCUT2D eigenvalue weighted by atomic mass is 16.5. The summed E-state index contributed by atoms with van der Waals surface area (Å²) in [6.45, 7) is 3.57. The molecular weight excluding hydrogens is 434 g/mol. The Bertz CT molecular complexity index is 1200. The SMILES string of the molecule is CCCc1c(OCc2ccc(C(=O)O)cc2OC)ccc(C(C)=O)c1NC(=O)c1ccccc1. The summed E-state index contributed by atoms with van der Waals surface area (Å²) < 4.78 is 11.4. The number of carboxylic acid groups (broad SMARTS) is 1. The fraction of sp³-hybridized carbons (Fsp3) is 0.222. The first-order valence-electron chi connectivity index (χ1n) is 10.9. The van der Waals surface area contributed by atoms with E-state index in [0.29, 0.717) is 40.3 Å². The van der Waals surface area contributed by atoms with Gasteiger partial charge in [-0.1, -0.05) is 37.6 Å². The average molecular weight is 462 g/mol. The maximum Gasteiger partial charge on any atom is 0.335 e. The summed E-state index contributed by atoms with van der Waals surface area (Å²) in [7, 11) is 1.46. The van der Waals surface area contributed by atoms with Crippen molar-refractivity contribution in [3.8, 4) is 11.5 Å². The van der Waals surface area contributed by atoms with Crippen molar-refractivity contribution in [1.82, 2.24) is 0 Å². The number of carbonyl (C=O) groups excluding carboxylic acids is 2. The van der Waals surface area contributed by atoms with Crippen molar-refractivity contribution < 1.29 is 29.0 Å². The highest BCUT2D eigenvalue weighted by molar-refractivity contribution is 6.10. The lowest BCUT2D eigenvalue weighted by molar-refractivity contribution is 0.0696. The Kier molecular flexibility index (Phi) is 8.03. The number of carbonyl (C=O) groups is 3. The van der Waals surface area contributed by atoms with Crippen molar-refractivity contribution in [2.24, 2.45) is 0 Å². The molecule has 0 spiro atoms. The lowest BCUT2D eigenvalue weighted by Crippen LogP contribution is -2.17. The van der Waals surface area contributed by atoms with Gasteiger partial charge >= 0.3 is 5.97 Å². The quantitative estimate of drug-likeness (QED) is 0.393. The summed E-state index contributed by atoms with van der Waals surface area (Å²) in [4.78, 5) is 36.5. The number of nitrogens with one attached hydrogen (secondary N) is 1. The van der Waals surface area contributed by atoms with E-state index in [-0.39, 0.29) is 23.9 Å². The van der Waals surface area contributed by atoms with Gasteiger partial charge in [0.2, 0.25) is 0 Å². The van der Waals surface area contributed by atoms with Gasteiger partial charge in [0.1, 0.15) is 18.1 Å². The average Bonchev–Trinajstić information content (AvgIpc) is 2.84. The summed E-state index contributed by atoms with van der Waals surface area (Å²) in [6, 6.07) is 16.7. The molecule has 2 N–H and O–H groups in total. The number of hydrogen-bond acceptors (Lipinski definition) is 5. The lowest BCUT2D eigenvalue weighted by Gasteiger charge is -2.19. The van der Waals surface area contributed by atoms with E-state index < -0.39 is 5.97 Å². The molecule has 3 aromatic carbocycles. The van der Waals surface area contributed by atoms with Crippen LogP contribution in [0, 0.1) is 0 Å². The predicted octanol–water partition coefficient (Wildman–Crippen LogP) is 5.38. The first kappa shape index (κ1) is 24.5. The van der Waals surface area contributed by atoms with Gasteiger partial charge < -0.3 is 19.9 Å². The number of ketones is 1. The van der Waals surface area contributed by atoms with Gasteiger partial charge in [0.25, 0.3) is 5.91 Å². The molecule has 0 aromatic heterocycles. The first-order chi connectivity index (χ1) is 16.3. The van der Waals surface area contributed by atoms with Gasteiger partial charge in [0.05, 0.1) is 18.4 Å². The second-order valence-corrected chi connectivity index (χ2v) is 7.71. The number of amides is 1. The van der Waals surface area contributed by atoms with E-state index in [1.807, 2.05) is 13.0 Å². The lowest BCUT2D eigenvalue weighted by atomic mass is 9.99. The Morgan fingerprint density at radius 1 is 0.941 bits per heavy atom. The van der Waals surface area contributed by atoms with Crippen molar-refractivity contribution in [2.75, 3.05) is 12.4 Å². The van der Waals surface area contributed by atoms with Crippen LogP contribution in [-0.4, -0.2) is 29.9 Å². The monoisotopic (exact) mass is 461 g/mol. The van der Waals surface area contributed by atoms with E-state index in [2.05, 4.69) is 5.32 Å². The summed E-state index contributed by atoms with van der Waals surface area (Å²) in [5, 5.41) is 12.1. The summed E-state index contributed by atoms with van der Waals surface area (Å²) >= 11 is 0. The maximum atomic E-state index is 12.9. The maximum absolute atomic E-state index is 12.9. The number of carboxylic acids is 1. The molecular formula is C27H27NO6. The Morgan fingerprint density at radius 3 is 2.29 bits per heavy atom. The first-order valence-corrected chi connectivity index (χ1v) is 10.9. The van der Waals surface area contributed by atoms with Crippen molar-refractivity contribution in [2.45, 2.75) is 33.3 Å². The number of rotatable bonds is 10. The zero-order chi connectivity index (χ0) is 24.7. The second kappa shape index (κ2) is 11.1. The molecule has 3 aromatic rings. The van der Waals surface area contributed by atoms with Gasteiger partial charge in [0.15, 0.2) is 5.78 Å². The van der Waals surface area contributed by atoms with E-state index in [1.165, 1.54) is 26.2 Å². The molecule has 0 fully saturated rings. The number of hydrogen-bond donors (Lipinski definition) is 2. The molecule has 0 bridgehead atoms. The predicted molar refractivity (Wildman–Crippen MR) is 129 cm³/mol. The molecule has 0 atom stereocenters. The molecule has 0 saturated heterocycles. The second-order valence-electron chi connectivity index (χ2n) is 7.71. The largest absolute Gasteiger partial charge is 0.496 e. The summed E-state index contributed by atoms with van der Waals surface area (Å²) in [5.74, 6) is -0.606. The molecule has 7 nitrogen and oxygen atoms in total. The van der Waals surface area contributed by atoms with Crippen LogP contribution in [0.5, 0.6) is 11.5 Å². The normalized spacial score (nSPS) is 10.4. The molecule has 34 heavy (non-hydrogen) atoms. The van der Waals surface area contributed by atoms with Gasteiger partial charge in [-0.25, -0.2) is 4.79 Å². The van der Waals surface area contributed by atoms with Gasteiger partial charge in [-0.15, -0.1) is 0 Å². The van der Waals surface area contributed by atoms with E-state index >= 15 is 0 Å². The number of Topliss-reactive ketones (excluding diaryl/α,β-unsaturated/α-hetero) is 1. The third-order valence-corrected chi connectivity index (χ3v) is 5.34. The molecule has 0 aliphatic rings. The smallest absolute Gasteiger partial charge is 0.335 e. The third-order valence-electron chi connectivity index (χ3n) is 5.34. The molecule has 0 unspecified atom stereocenters. The highest BCUT2D eigenvalue weighted by Gasteiger charge is 2.20. The Balaban J connectivity index is 1.96. The van der Waals surface area contributed by atoms with Crippen LogP contribution in [0.3, 0.4) is 0 Å². The van der Waals surface area contributed by atoms with Crippen LogP contribution >= 0.6 is 0 Å². The van der Waals surface area contributed by atoms with E-state index in [4.69, 9.17) is 9.47 Å². The van der Waals surface area contributed by atoms with Crippen molar-refractivity contribution in [3.05, 3.63) is 88.5 Å². The minimum atomic E-state index is -1.05. The number of aromatic carboxylic acids is 1. The molecule has 7 heteroatoms. The van der Waals surface area contributed by atoms with Gasteiger partial charge in [-0.2, -0.15) is 0 Å². The van der Waals surface area contributed by atoms with Crippen LogP contribution in [0.2, 0.25) is 0 Å². The van der Waals surface area contributed by atoms with E-state index in [9.17, 15) is 19.5 Å². The van der Waals surface area contributed by atoms with Crippen molar-refractivity contribution in [3.63, 3.8) is 0 Å². The van der Waals surface area contributed by atoms with Gasteiger partial charge in [-0.3, -0.25) is 9.59 Å². The van der Waals surface area contributed by atoms with E-state index in [0.717, 1.165) is 12.0 Å². The summed E-state index contributed by atoms with van der Waals surface area (Å²) in [5.41, 5.74) is 2.83. The number of ether oxygens (including phenoxy) is 2. The Morgan fingerprint density at radius 2 is 1.68 bits per heavy atom. The molecule has 1 amide bonds. The minimum absolute atomic E-state index is 0.115. The fourth-order valence-corrected chi connectivity index (χ4v) is 3.63. The fourth-order valence-electron chi connectivity index (χ4n) is 3.63. The van der Waals surface area contributed by atoms with Crippen molar-refractivity contribution in [1.29, 1.82) is 0 Å². The molecule has 0 heterocycles. The van der Waals surface area contributed by atoms with E-state index in [1.54, 1.807) is 42.5 Å². The van der Waals surface area contributed by atoms with Crippen LogP contribution in [0.4, 0.5) is 5.69 Å². The Hall–Kier alpha value is -4.13. The van der Waals surface area contributed by atoms with Gasteiger partial charge in [-0.05, 0) is 49.7 Å². The molecule has 0 saturated carbocycles. The zero-order valence-electron chi connectivity index (χ0n) is 19.4. The topological polar surface area (TPSA) is 102 Å². The standard InChI is InChI=1S/C27H27NO6/c1-4-8-22-23(34-16-20-12-11-19(27(31)32)15-24(20)33-3)14-13-21(17(2)29)25(22)28-26(30)18-9-6-5-7-10-18/h5-7,9-15H,4,8,16H2,1-3H3,(H,28,30)(H,31,32). The van der Waals surface area contributed by atoms with Crippen molar-refractivity contribution >= 4 is 23.3 Å².